The van der Waals surface area contributed by atoms with Gasteiger partial charge in [-0.15, -0.1) is 0 Å². The Morgan fingerprint density at radius 3 is 2.42 bits per heavy atom. The molecular weight excluding hydrogens is 247 g/mol. The van der Waals surface area contributed by atoms with E-state index in [1.807, 2.05) is 13.8 Å². The van der Waals surface area contributed by atoms with Gasteiger partial charge in [-0.1, -0.05) is 0 Å². The molecule has 0 N–H and O–H groups in total. The summed E-state index contributed by atoms with van der Waals surface area (Å²) in [5.74, 6) is -0.462. The lowest BCUT2D eigenvalue weighted by Gasteiger charge is -2.31. The van der Waals surface area contributed by atoms with Crippen molar-refractivity contribution in [3.8, 4) is 0 Å². The van der Waals surface area contributed by atoms with Crippen LogP contribution in [0, 0.1) is 5.82 Å². The van der Waals surface area contributed by atoms with Gasteiger partial charge in [0.05, 0.1) is 18.3 Å². The van der Waals surface area contributed by atoms with Crippen molar-refractivity contribution in [2.45, 2.75) is 45.0 Å². The molecule has 0 radical (unpaired) electrons. The summed E-state index contributed by atoms with van der Waals surface area (Å²) in [6, 6.07) is 5.53. The number of carbonyl (C=O) groups is 1. The van der Waals surface area contributed by atoms with E-state index in [9.17, 15) is 9.18 Å². The van der Waals surface area contributed by atoms with Gasteiger partial charge >= 0.3 is 0 Å². The number of carbonyl (C=O) groups excluding carboxylic acids is 1. The molecule has 1 fully saturated rings. The van der Waals surface area contributed by atoms with Crippen molar-refractivity contribution in [2.24, 2.45) is 0 Å². The van der Waals surface area contributed by atoms with E-state index in [0.29, 0.717) is 5.56 Å². The van der Waals surface area contributed by atoms with Gasteiger partial charge in [-0.3, -0.25) is 4.79 Å². The van der Waals surface area contributed by atoms with Crippen LogP contribution in [0.1, 0.15) is 37.0 Å². The first-order chi connectivity index (χ1) is 9.04. The second-order valence-corrected chi connectivity index (χ2v) is 5.09. The van der Waals surface area contributed by atoms with E-state index in [1.165, 1.54) is 24.3 Å². The van der Waals surface area contributed by atoms with E-state index >= 15 is 0 Å². The zero-order valence-corrected chi connectivity index (χ0v) is 11.3. The van der Waals surface area contributed by atoms with Crippen molar-refractivity contribution < 1.29 is 18.7 Å². The van der Waals surface area contributed by atoms with Gasteiger partial charge < -0.3 is 9.47 Å². The van der Waals surface area contributed by atoms with Crippen LogP contribution in [0.5, 0.6) is 0 Å². The zero-order chi connectivity index (χ0) is 13.8. The Morgan fingerprint density at radius 2 is 1.84 bits per heavy atom. The van der Waals surface area contributed by atoms with Gasteiger partial charge in [-0.05, 0) is 51.0 Å². The first kappa shape index (κ1) is 14.2. The molecule has 0 aromatic heterocycles. The van der Waals surface area contributed by atoms with Gasteiger partial charge in [0.15, 0.2) is 5.78 Å². The summed E-state index contributed by atoms with van der Waals surface area (Å²) in [5, 5.41) is 0. The van der Waals surface area contributed by atoms with Gasteiger partial charge in [0.25, 0.3) is 0 Å². The summed E-state index contributed by atoms with van der Waals surface area (Å²) in [7, 11) is 0. The molecule has 1 aromatic carbocycles. The molecule has 4 heteroatoms. The highest BCUT2D eigenvalue weighted by atomic mass is 19.1. The molecule has 0 saturated carbocycles. The predicted octanol–water partition coefficient (Wildman–Crippen LogP) is 2.98. The highest BCUT2D eigenvalue weighted by molar-refractivity contribution is 5.97. The predicted molar refractivity (Wildman–Crippen MR) is 69.7 cm³/mol. The maximum absolute atomic E-state index is 12.8. The van der Waals surface area contributed by atoms with Gasteiger partial charge in [0.1, 0.15) is 12.4 Å². The number of ketones is 1. The monoisotopic (exact) mass is 266 g/mol. The zero-order valence-electron chi connectivity index (χ0n) is 11.3. The average Bonchev–Trinajstić information content (AvgIpc) is 2.36. The lowest BCUT2D eigenvalue weighted by Crippen LogP contribution is -2.35. The summed E-state index contributed by atoms with van der Waals surface area (Å²) >= 11 is 0. The first-order valence-corrected chi connectivity index (χ1v) is 6.60. The van der Waals surface area contributed by atoms with E-state index in [-0.39, 0.29) is 36.5 Å². The SMILES string of the molecule is CC1CC(OCC(=O)c2ccc(F)cc2)CC(C)O1. The second-order valence-electron chi connectivity index (χ2n) is 5.09. The molecule has 1 heterocycles. The highest BCUT2D eigenvalue weighted by Gasteiger charge is 2.25. The lowest BCUT2D eigenvalue weighted by molar-refractivity contribution is -0.0975. The average molecular weight is 266 g/mol. The van der Waals surface area contributed by atoms with Crippen molar-refractivity contribution in [1.29, 1.82) is 0 Å². The third kappa shape index (κ3) is 4.11. The minimum atomic E-state index is -0.343. The summed E-state index contributed by atoms with van der Waals surface area (Å²) in [6.45, 7) is 4.05. The van der Waals surface area contributed by atoms with Crippen LogP contribution in [-0.2, 0) is 9.47 Å². The number of hydrogen-bond donors (Lipinski definition) is 0. The van der Waals surface area contributed by atoms with E-state index < -0.39 is 0 Å². The molecule has 19 heavy (non-hydrogen) atoms. The molecular formula is C15H19FO3. The third-order valence-electron chi connectivity index (χ3n) is 3.27. The number of halogens is 1. The Labute approximate surface area is 112 Å². The van der Waals surface area contributed by atoms with Crippen molar-refractivity contribution in [1.82, 2.24) is 0 Å². The molecule has 1 aliphatic rings. The number of benzene rings is 1. The first-order valence-electron chi connectivity index (χ1n) is 6.60. The van der Waals surface area contributed by atoms with E-state index in [4.69, 9.17) is 9.47 Å². The van der Waals surface area contributed by atoms with Crippen molar-refractivity contribution in [3.05, 3.63) is 35.6 Å². The van der Waals surface area contributed by atoms with E-state index in [0.717, 1.165) is 12.8 Å². The summed E-state index contributed by atoms with van der Waals surface area (Å²) in [5.41, 5.74) is 0.481. The van der Waals surface area contributed by atoms with Crippen LogP contribution < -0.4 is 0 Å². The van der Waals surface area contributed by atoms with E-state index in [2.05, 4.69) is 0 Å². The Morgan fingerprint density at radius 1 is 1.26 bits per heavy atom. The molecule has 2 unspecified atom stereocenters. The molecule has 1 aromatic rings. The van der Waals surface area contributed by atoms with Crippen molar-refractivity contribution in [3.63, 3.8) is 0 Å². The van der Waals surface area contributed by atoms with Crippen molar-refractivity contribution >= 4 is 5.78 Å². The quantitative estimate of drug-likeness (QED) is 0.786. The molecule has 2 atom stereocenters. The van der Waals surface area contributed by atoms with Gasteiger partial charge in [0.2, 0.25) is 0 Å². The van der Waals surface area contributed by atoms with Crippen molar-refractivity contribution in [2.75, 3.05) is 6.61 Å². The highest BCUT2D eigenvalue weighted by Crippen LogP contribution is 2.21. The molecule has 3 nitrogen and oxygen atoms in total. The molecule has 1 aliphatic heterocycles. The smallest absolute Gasteiger partial charge is 0.188 e. The molecule has 0 amide bonds. The van der Waals surface area contributed by atoms with Crippen LogP contribution in [-0.4, -0.2) is 30.7 Å². The number of Topliss-reactive ketones (excluding diaryl/α,β-unsaturated/α-hetero) is 1. The Kier molecular flexibility index (Phi) is 4.66. The van der Waals surface area contributed by atoms with Crippen LogP contribution in [0.2, 0.25) is 0 Å². The van der Waals surface area contributed by atoms with E-state index in [1.54, 1.807) is 0 Å². The lowest BCUT2D eigenvalue weighted by atomic mass is 10.0. The molecule has 104 valence electrons. The minimum Gasteiger partial charge on any atom is -0.375 e. The summed E-state index contributed by atoms with van der Waals surface area (Å²) < 4.78 is 24.0. The largest absolute Gasteiger partial charge is 0.375 e. The fourth-order valence-corrected chi connectivity index (χ4v) is 2.39. The fraction of sp³-hybridized carbons (Fsp3) is 0.533. The molecule has 2 rings (SSSR count). The minimum absolute atomic E-state index is 0.0374. The third-order valence-corrected chi connectivity index (χ3v) is 3.27. The van der Waals surface area contributed by atoms with Gasteiger partial charge in [-0.2, -0.15) is 0 Å². The van der Waals surface area contributed by atoms with Crippen LogP contribution in [0.15, 0.2) is 24.3 Å². The molecule has 0 spiro atoms. The van der Waals surface area contributed by atoms with Gasteiger partial charge in [-0.25, -0.2) is 4.39 Å². The maximum Gasteiger partial charge on any atom is 0.188 e. The van der Waals surface area contributed by atoms with Gasteiger partial charge in [0, 0.05) is 5.56 Å². The second kappa shape index (κ2) is 6.26. The number of hydrogen-bond acceptors (Lipinski definition) is 3. The topological polar surface area (TPSA) is 35.5 Å². The molecule has 0 bridgehead atoms. The number of rotatable bonds is 4. The normalized spacial score (nSPS) is 27.2. The Balaban J connectivity index is 1.84. The summed E-state index contributed by atoms with van der Waals surface area (Å²) in [4.78, 5) is 11.9. The maximum atomic E-state index is 12.8. The Hall–Kier alpha value is -1.26. The van der Waals surface area contributed by atoms with Crippen LogP contribution in [0.4, 0.5) is 4.39 Å². The summed E-state index contributed by atoms with van der Waals surface area (Å²) in [6.07, 6.45) is 2.00. The van der Waals surface area contributed by atoms with Crippen LogP contribution in [0.3, 0.4) is 0 Å². The fourth-order valence-electron chi connectivity index (χ4n) is 2.39. The molecule has 0 aliphatic carbocycles. The Bertz CT molecular complexity index is 420. The standard InChI is InChI=1S/C15H19FO3/c1-10-7-14(8-11(2)19-10)18-9-15(17)12-3-5-13(16)6-4-12/h3-6,10-11,14H,7-9H2,1-2H3. The molecule has 1 saturated heterocycles. The van der Waals surface area contributed by atoms with Crippen LogP contribution >= 0.6 is 0 Å². The number of ether oxygens (including phenoxy) is 2. The van der Waals surface area contributed by atoms with Crippen LogP contribution in [0.25, 0.3) is 0 Å².